The van der Waals surface area contributed by atoms with E-state index in [0.29, 0.717) is 13.0 Å². The zero-order valence-electron chi connectivity index (χ0n) is 15.7. The lowest BCUT2D eigenvalue weighted by Gasteiger charge is -2.21. The highest BCUT2D eigenvalue weighted by Crippen LogP contribution is 2.25. The van der Waals surface area contributed by atoms with E-state index in [1.54, 1.807) is 11.3 Å². The van der Waals surface area contributed by atoms with Gasteiger partial charge in [-0.1, -0.05) is 23.8 Å². The van der Waals surface area contributed by atoms with Crippen molar-refractivity contribution in [2.75, 3.05) is 19.6 Å². The summed E-state index contributed by atoms with van der Waals surface area (Å²) in [4.78, 5) is 15.8. The van der Waals surface area contributed by atoms with E-state index >= 15 is 0 Å². The number of thiophene rings is 1. The predicted molar refractivity (Wildman–Crippen MR) is 107 cm³/mol. The number of fused-ring (bicyclic) bond motifs is 1. The molecule has 1 N–H and O–H groups in total. The van der Waals surface area contributed by atoms with Crippen LogP contribution < -0.4 is 10.1 Å². The minimum absolute atomic E-state index is 0.150. The molecule has 0 aliphatic carbocycles. The van der Waals surface area contributed by atoms with Gasteiger partial charge in [-0.2, -0.15) is 0 Å². The number of hydrogen-bond acceptors (Lipinski definition) is 4. The molecule has 1 unspecified atom stereocenters. The van der Waals surface area contributed by atoms with E-state index in [0.717, 1.165) is 38.2 Å². The molecule has 1 aromatic heterocycles. The quantitative estimate of drug-likeness (QED) is 0.804. The van der Waals surface area contributed by atoms with Crippen LogP contribution in [0.4, 0.5) is 0 Å². The third-order valence-electron chi connectivity index (χ3n) is 4.61. The predicted octanol–water partition coefficient (Wildman–Crippen LogP) is 3.78. The molecule has 2 heterocycles. The van der Waals surface area contributed by atoms with E-state index in [9.17, 15) is 4.79 Å². The molecule has 1 amide bonds. The molecule has 2 aromatic rings. The molecule has 0 saturated carbocycles. The van der Waals surface area contributed by atoms with Gasteiger partial charge in [-0.15, -0.1) is 11.3 Å². The van der Waals surface area contributed by atoms with E-state index in [2.05, 4.69) is 59.8 Å². The lowest BCUT2D eigenvalue weighted by atomic mass is 10.1. The number of ether oxygens (including phenoxy) is 1. The zero-order chi connectivity index (χ0) is 18.4. The van der Waals surface area contributed by atoms with Gasteiger partial charge in [-0.3, -0.25) is 9.69 Å². The fourth-order valence-electron chi connectivity index (χ4n) is 3.36. The summed E-state index contributed by atoms with van der Waals surface area (Å²) in [6, 6.07) is 10.6. The molecule has 0 saturated heterocycles. The van der Waals surface area contributed by atoms with Crippen LogP contribution in [0.3, 0.4) is 0 Å². The number of nitrogens with zero attached hydrogens (tertiary/aromatic N) is 1. The van der Waals surface area contributed by atoms with E-state index in [1.165, 1.54) is 16.0 Å². The topological polar surface area (TPSA) is 41.6 Å². The van der Waals surface area contributed by atoms with E-state index in [4.69, 9.17) is 4.74 Å². The first-order valence-corrected chi connectivity index (χ1v) is 10.3. The Labute approximate surface area is 160 Å². The SMILES string of the molecule is Cc1ccc2c(c1)CN(CCNC(=O)CCCc1cccs1)CC(C)O2. The van der Waals surface area contributed by atoms with Crippen molar-refractivity contribution >= 4 is 17.2 Å². The first kappa shape index (κ1) is 18.9. The summed E-state index contributed by atoms with van der Waals surface area (Å²) in [5, 5.41) is 5.15. The molecule has 26 heavy (non-hydrogen) atoms. The second-order valence-electron chi connectivity index (χ2n) is 7.06. The highest BCUT2D eigenvalue weighted by molar-refractivity contribution is 7.09. The van der Waals surface area contributed by atoms with Crippen molar-refractivity contribution in [3.63, 3.8) is 0 Å². The van der Waals surface area contributed by atoms with Crippen LogP contribution >= 0.6 is 11.3 Å². The van der Waals surface area contributed by atoms with E-state index in [-0.39, 0.29) is 12.0 Å². The summed E-state index contributed by atoms with van der Waals surface area (Å²) in [5.74, 6) is 1.14. The maximum atomic E-state index is 12.0. The normalized spacial score (nSPS) is 17.2. The van der Waals surface area contributed by atoms with Crippen molar-refractivity contribution in [2.24, 2.45) is 0 Å². The van der Waals surface area contributed by atoms with Gasteiger partial charge in [0.2, 0.25) is 5.91 Å². The van der Waals surface area contributed by atoms with Crippen LogP contribution in [0, 0.1) is 6.92 Å². The summed E-state index contributed by atoms with van der Waals surface area (Å²) >= 11 is 1.76. The minimum atomic E-state index is 0.150. The molecule has 0 spiro atoms. The van der Waals surface area contributed by atoms with Crippen LogP contribution in [-0.4, -0.2) is 36.5 Å². The number of carbonyl (C=O) groups is 1. The lowest BCUT2D eigenvalue weighted by molar-refractivity contribution is -0.121. The summed E-state index contributed by atoms with van der Waals surface area (Å²) < 4.78 is 6.03. The number of amides is 1. The largest absolute Gasteiger partial charge is 0.489 e. The van der Waals surface area contributed by atoms with Crippen molar-refractivity contribution in [3.8, 4) is 5.75 Å². The molecule has 4 nitrogen and oxygen atoms in total. The van der Waals surface area contributed by atoms with Crippen molar-refractivity contribution in [3.05, 3.63) is 51.7 Å². The van der Waals surface area contributed by atoms with Gasteiger partial charge in [0.15, 0.2) is 0 Å². The van der Waals surface area contributed by atoms with Gasteiger partial charge in [-0.05, 0) is 44.2 Å². The molecule has 1 aromatic carbocycles. The van der Waals surface area contributed by atoms with Gasteiger partial charge in [0.1, 0.15) is 11.9 Å². The van der Waals surface area contributed by atoms with Gasteiger partial charge in [0.25, 0.3) is 0 Å². The molecule has 1 aliphatic rings. The van der Waals surface area contributed by atoms with Gasteiger partial charge in [0.05, 0.1) is 0 Å². The summed E-state index contributed by atoms with van der Waals surface area (Å²) in [7, 11) is 0. The van der Waals surface area contributed by atoms with Crippen LogP contribution in [0.15, 0.2) is 35.7 Å². The van der Waals surface area contributed by atoms with Gasteiger partial charge < -0.3 is 10.1 Å². The third-order valence-corrected chi connectivity index (χ3v) is 5.55. The fourth-order valence-corrected chi connectivity index (χ4v) is 4.11. The number of aryl methyl sites for hydroxylation is 2. The third kappa shape index (κ3) is 5.58. The number of benzene rings is 1. The molecular weight excluding hydrogens is 344 g/mol. The Balaban J connectivity index is 1.41. The molecule has 5 heteroatoms. The van der Waals surface area contributed by atoms with Gasteiger partial charge >= 0.3 is 0 Å². The second-order valence-corrected chi connectivity index (χ2v) is 8.09. The monoisotopic (exact) mass is 372 g/mol. The maximum Gasteiger partial charge on any atom is 0.220 e. The Bertz CT molecular complexity index is 715. The van der Waals surface area contributed by atoms with Crippen molar-refractivity contribution in [2.45, 2.75) is 45.8 Å². The van der Waals surface area contributed by atoms with E-state index in [1.807, 2.05) is 0 Å². The Morgan fingerprint density at radius 1 is 1.38 bits per heavy atom. The van der Waals surface area contributed by atoms with E-state index < -0.39 is 0 Å². The fraction of sp³-hybridized carbons (Fsp3) is 0.476. The van der Waals surface area contributed by atoms with Crippen molar-refractivity contribution in [1.82, 2.24) is 10.2 Å². The van der Waals surface area contributed by atoms with Crippen LogP contribution in [0.2, 0.25) is 0 Å². The standard InChI is InChI=1S/C21H28N2O2S/c1-16-8-9-20-18(13-16)15-23(14-17(2)25-20)11-10-22-21(24)7-3-5-19-6-4-12-26-19/h4,6,8-9,12-13,17H,3,5,7,10-11,14-15H2,1-2H3,(H,22,24). The van der Waals surface area contributed by atoms with Crippen LogP contribution in [0.5, 0.6) is 5.75 Å². The molecular formula is C21H28N2O2S. The lowest BCUT2D eigenvalue weighted by Crippen LogP contribution is -2.37. The number of nitrogens with one attached hydrogen (secondary N) is 1. The second kappa shape index (κ2) is 9.19. The number of carbonyl (C=O) groups excluding carboxylic acids is 1. The first-order valence-electron chi connectivity index (χ1n) is 9.38. The van der Waals surface area contributed by atoms with Crippen LogP contribution in [0.1, 0.15) is 35.8 Å². The van der Waals surface area contributed by atoms with Crippen LogP contribution in [0.25, 0.3) is 0 Å². The number of hydrogen-bond donors (Lipinski definition) is 1. The zero-order valence-corrected chi connectivity index (χ0v) is 16.5. The molecule has 0 bridgehead atoms. The van der Waals surface area contributed by atoms with Crippen LogP contribution in [-0.2, 0) is 17.8 Å². The molecule has 1 aliphatic heterocycles. The molecule has 3 rings (SSSR count). The van der Waals surface area contributed by atoms with Gasteiger partial charge in [0, 0.05) is 43.0 Å². The summed E-state index contributed by atoms with van der Waals surface area (Å²) in [5.41, 5.74) is 2.48. The highest BCUT2D eigenvalue weighted by atomic mass is 32.1. The van der Waals surface area contributed by atoms with Crippen molar-refractivity contribution in [1.29, 1.82) is 0 Å². The smallest absolute Gasteiger partial charge is 0.220 e. The molecule has 0 radical (unpaired) electrons. The highest BCUT2D eigenvalue weighted by Gasteiger charge is 2.20. The summed E-state index contributed by atoms with van der Waals surface area (Å²) in [6.45, 7) is 7.49. The number of rotatable bonds is 7. The average Bonchev–Trinajstić information content (AvgIpc) is 3.05. The van der Waals surface area contributed by atoms with Crippen molar-refractivity contribution < 1.29 is 9.53 Å². The Hall–Kier alpha value is -1.85. The molecule has 140 valence electrons. The molecule has 0 fully saturated rings. The van der Waals surface area contributed by atoms with Gasteiger partial charge in [-0.25, -0.2) is 0 Å². The Kier molecular flexibility index (Phi) is 6.69. The Morgan fingerprint density at radius 3 is 3.08 bits per heavy atom. The minimum Gasteiger partial charge on any atom is -0.489 e. The summed E-state index contributed by atoms with van der Waals surface area (Å²) in [6.07, 6.45) is 2.65. The first-order chi connectivity index (χ1) is 12.6. The molecule has 1 atom stereocenters. The Morgan fingerprint density at radius 2 is 2.27 bits per heavy atom. The maximum absolute atomic E-state index is 12.0. The average molecular weight is 373 g/mol.